The van der Waals surface area contributed by atoms with E-state index >= 15 is 0 Å². The van der Waals surface area contributed by atoms with Crippen LogP contribution in [0.3, 0.4) is 0 Å². The summed E-state index contributed by atoms with van der Waals surface area (Å²) in [6.07, 6.45) is 0. The third-order valence-electron chi connectivity index (χ3n) is 7.92. The Balaban J connectivity index is 1.31. The molecular formula is C39H25N3. The Morgan fingerprint density at radius 1 is 0.286 bits per heavy atom. The van der Waals surface area contributed by atoms with Gasteiger partial charge >= 0.3 is 0 Å². The van der Waals surface area contributed by atoms with Gasteiger partial charge in [0.05, 0.1) is 0 Å². The highest BCUT2D eigenvalue weighted by Gasteiger charge is 2.16. The minimum absolute atomic E-state index is 0.653. The Hall–Kier alpha value is -5.67. The van der Waals surface area contributed by atoms with Crippen LogP contribution >= 0.6 is 0 Å². The molecule has 8 rings (SSSR count). The highest BCUT2D eigenvalue weighted by atomic mass is 15.0. The maximum atomic E-state index is 5.09. The molecule has 0 saturated carbocycles. The number of fused-ring (bicyclic) bond motifs is 4. The van der Waals surface area contributed by atoms with Crippen LogP contribution in [0.5, 0.6) is 0 Å². The third kappa shape index (κ3) is 4.20. The van der Waals surface area contributed by atoms with E-state index in [-0.39, 0.29) is 0 Å². The maximum absolute atomic E-state index is 5.09. The Kier molecular flexibility index (Phi) is 5.79. The second kappa shape index (κ2) is 10.1. The quantitative estimate of drug-likeness (QED) is 0.211. The summed E-state index contributed by atoms with van der Waals surface area (Å²) < 4.78 is 0. The van der Waals surface area contributed by atoms with Gasteiger partial charge in [-0.05, 0) is 49.5 Å². The second-order valence-electron chi connectivity index (χ2n) is 10.5. The topological polar surface area (TPSA) is 38.7 Å². The largest absolute Gasteiger partial charge is 0.208 e. The second-order valence-corrected chi connectivity index (χ2v) is 10.5. The zero-order valence-electron chi connectivity index (χ0n) is 22.8. The van der Waals surface area contributed by atoms with Gasteiger partial charge in [0, 0.05) is 16.7 Å². The maximum Gasteiger partial charge on any atom is 0.164 e. The summed E-state index contributed by atoms with van der Waals surface area (Å²) in [7, 11) is 0. The normalized spacial score (nSPS) is 11.3. The van der Waals surface area contributed by atoms with Crippen LogP contribution in [0.2, 0.25) is 0 Å². The molecule has 0 aliphatic heterocycles. The Bertz CT molecular complexity index is 2230. The fourth-order valence-electron chi connectivity index (χ4n) is 5.86. The predicted octanol–water partition coefficient (Wildman–Crippen LogP) is 10.00. The monoisotopic (exact) mass is 535 g/mol. The highest BCUT2D eigenvalue weighted by Crippen LogP contribution is 2.35. The number of aromatic nitrogens is 3. The summed E-state index contributed by atoms with van der Waals surface area (Å²) in [5.74, 6) is 1.98. The van der Waals surface area contributed by atoms with Crippen molar-refractivity contribution >= 4 is 32.3 Å². The molecule has 0 spiro atoms. The highest BCUT2D eigenvalue weighted by molar-refractivity contribution is 6.13. The molecule has 0 aliphatic rings. The lowest BCUT2D eigenvalue weighted by molar-refractivity contribution is 1.08. The average molecular weight is 536 g/mol. The van der Waals surface area contributed by atoms with Gasteiger partial charge in [-0.1, -0.05) is 146 Å². The first-order chi connectivity index (χ1) is 20.8. The molecule has 7 aromatic carbocycles. The van der Waals surface area contributed by atoms with Crippen LogP contribution < -0.4 is 0 Å². The lowest BCUT2D eigenvalue weighted by Gasteiger charge is -2.13. The van der Waals surface area contributed by atoms with E-state index in [2.05, 4.69) is 121 Å². The summed E-state index contributed by atoms with van der Waals surface area (Å²) in [5.41, 5.74) is 5.28. The van der Waals surface area contributed by atoms with Gasteiger partial charge in [-0.2, -0.15) is 0 Å². The molecule has 8 aromatic rings. The molecule has 42 heavy (non-hydrogen) atoms. The van der Waals surface area contributed by atoms with Gasteiger partial charge in [0.15, 0.2) is 17.5 Å². The first kappa shape index (κ1) is 24.2. The molecule has 3 heteroatoms. The van der Waals surface area contributed by atoms with E-state index in [1.54, 1.807) is 0 Å². The van der Waals surface area contributed by atoms with Gasteiger partial charge in [-0.3, -0.25) is 0 Å². The summed E-state index contributed by atoms with van der Waals surface area (Å²) in [6, 6.07) is 52.8. The molecule has 0 bridgehead atoms. The molecule has 0 saturated heterocycles. The number of hydrogen-bond acceptors (Lipinski definition) is 3. The number of benzene rings is 7. The van der Waals surface area contributed by atoms with Crippen molar-refractivity contribution in [1.82, 2.24) is 15.0 Å². The van der Waals surface area contributed by atoms with Crippen molar-refractivity contribution in [2.75, 3.05) is 0 Å². The van der Waals surface area contributed by atoms with E-state index in [0.29, 0.717) is 17.5 Å². The van der Waals surface area contributed by atoms with Crippen LogP contribution in [0.25, 0.3) is 77.6 Å². The molecule has 0 atom stereocenters. The lowest BCUT2D eigenvalue weighted by Crippen LogP contribution is -2.00. The summed E-state index contributed by atoms with van der Waals surface area (Å²) in [6.45, 7) is 0. The number of nitrogens with zero attached hydrogens (tertiary/aromatic N) is 3. The molecule has 0 amide bonds. The number of rotatable bonds is 4. The van der Waals surface area contributed by atoms with Crippen LogP contribution in [0.4, 0.5) is 0 Å². The first-order valence-electron chi connectivity index (χ1n) is 14.1. The molecule has 0 N–H and O–H groups in total. The van der Waals surface area contributed by atoms with E-state index in [1.165, 1.54) is 27.1 Å². The van der Waals surface area contributed by atoms with Crippen molar-refractivity contribution in [1.29, 1.82) is 0 Å². The Morgan fingerprint density at radius 3 is 1.57 bits per heavy atom. The van der Waals surface area contributed by atoms with Crippen molar-refractivity contribution < 1.29 is 0 Å². The molecule has 0 aliphatic carbocycles. The summed E-state index contributed by atoms with van der Waals surface area (Å²) in [5, 5.41) is 7.17. The molecule has 1 aromatic heterocycles. The van der Waals surface area contributed by atoms with Gasteiger partial charge < -0.3 is 0 Å². The molecule has 1 heterocycles. The SMILES string of the molecule is c1ccc(-c2nc(-c3ccc(-c4cccc5ccccc45)cc3)nc(-c3cc4ccccc4c4ccccc34)n2)cc1. The van der Waals surface area contributed by atoms with Crippen LogP contribution in [0, 0.1) is 0 Å². The zero-order valence-corrected chi connectivity index (χ0v) is 22.8. The minimum atomic E-state index is 0.653. The molecule has 0 unspecified atom stereocenters. The van der Waals surface area contributed by atoms with Crippen LogP contribution in [0.1, 0.15) is 0 Å². The average Bonchev–Trinajstić information content (AvgIpc) is 3.08. The van der Waals surface area contributed by atoms with Crippen molar-refractivity contribution in [3.63, 3.8) is 0 Å². The van der Waals surface area contributed by atoms with Gasteiger partial charge in [0.2, 0.25) is 0 Å². The van der Waals surface area contributed by atoms with Gasteiger partial charge in [-0.15, -0.1) is 0 Å². The standard InChI is InChI=1S/C39H25N3/c1-2-12-28(13-3-1)37-40-38(29-23-21-27(22-24-29)32-20-10-15-26-11-4-6-16-31(26)32)42-39(41-37)36-25-30-14-5-7-17-33(30)34-18-8-9-19-35(34)36/h1-25H. The molecular weight excluding hydrogens is 510 g/mol. The molecule has 196 valence electrons. The molecule has 0 fully saturated rings. The van der Waals surface area contributed by atoms with Crippen LogP contribution in [-0.2, 0) is 0 Å². The zero-order chi connectivity index (χ0) is 27.9. The fourth-order valence-corrected chi connectivity index (χ4v) is 5.86. The van der Waals surface area contributed by atoms with Crippen molar-refractivity contribution in [3.05, 3.63) is 152 Å². The minimum Gasteiger partial charge on any atom is -0.208 e. The first-order valence-corrected chi connectivity index (χ1v) is 14.1. The fraction of sp³-hybridized carbons (Fsp3) is 0. The smallest absolute Gasteiger partial charge is 0.164 e. The Morgan fingerprint density at radius 2 is 0.810 bits per heavy atom. The predicted molar refractivity (Wildman–Crippen MR) is 174 cm³/mol. The Labute approximate surface area is 243 Å². The van der Waals surface area contributed by atoms with Gasteiger partial charge in [0.1, 0.15) is 0 Å². The van der Waals surface area contributed by atoms with Crippen LogP contribution in [0.15, 0.2) is 152 Å². The van der Waals surface area contributed by atoms with Crippen molar-refractivity contribution in [2.24, 2.45) is 0 Å². The van der Waals surface area contributed by atoms with E-state index in [1.807, 2.05) is 30.3 Å². The molecule has 0 radical (unpaired) electrons. The molecule has 3 nitrogen and oxygen atoms in total. The third-order valence-corrected chi connectivity index (χ3v) is 7.92. The van der Waals surface area contributed by atoms with Crippen LogP contribution in [-0.4, -0.2) is 15.0 Å². The van der Waals surface area contributed by atoms with E-state index in [0.717, 1.165) is 33.0 Å². The number of hydrogen-bond donors (Lipinski definition) is 0. The van der Waals surface area contributed by atoms with Crippen molar-refractivity contribution in [2.45, 2.75) is 0 Å². The summed E-state index contributed by atoms with van der Waals surface area (Å²) in [4.78, 5) is 15.1. The van der Waals surface area contributed by atoms with E-state index < -0.39 is 0 Å². The van der Waals surface area contributed by atoms with E-state index in [4.69, 9.17) is 15.0 Å². The van der Waals surface area contributed by atoms with Crippen molar-refractivity contribution in [3.8, 4) is 45.3 Å². The lowest BCUT2D eigenvalue weighted by atomic mass is 9.96. The summed E-state index contributed by atoms with van der Waals surface area (Å²) >= 11 is 0. The van der Waals surface area contributed by atoms with Gasteiger partial charge in [0.25, 0.3) is 0 Å². The van der Waals surface area contributed by atoms with E-state index in [9.17, 15) is 0 Å². The van der Waals surface area contributed by atoms with Gasteiger partial charge in [-0.25, -0.2) is 15.0 Å².